The Morgan fingerprint density at radius 1 is 1.22 bits per heavy atom. The van der Waals surface area contributed by atoms with Crippen LogP contribution >= 0.6 is 0 Å². The Labute approximate surface area is 111 Å². The van der Waals surface area contributed by atoms with E-state index in [4.69, 9.17) is 0 Å². The number of nitrogens with zero attached hydrogens (tertiary/aromatic N) is 1. The predicted octanol–water partition coefficient (Wildman–Crippen LogP) is 2.27. The van der Waals surface area contributed by atoms with E-state index >= 15 is 0 Å². The molecule has 1 aliphatic heterocycles. The molecule has 18 heavy (non-hydrogen) atoms. The van der Waals surface area contributed by atoms with Gasteiger partial charge < -0.3 is 10.2 Å². The molecule has 3 nitrogen and oxygen atoms in total. The number of nitrogens with one attached hydrogen (secondary N) is 1. The molecule has 2 rings (SSSR count). The molecule has 1 unspecified atom stereocenters. The molecule has 1 saturated heterocycles. The van der Waals surface area contributed by atoms with E-state index in [1.807, 2.05) is 0 Å². The first kappa shape index (κ1) is 13.9. The number of rotatable bonds is 5. The molecule has 0 aromatic heterocycles. The molecule has 1 amide bonds. The van der Waals surface area contributed by atoms with E-state index in [0.717, 1.165) is 19.5 Å². The van der Waals surface area contributed by atoms with Gasteiger partial charge >= 0.3 is 0 Å². The Bertz CT molecular complexity index is 291. The maximum atomic E-state index is 11.6. The third-order valence-corrected chi connectivity index (χ3v) is 3.83. The summed E-state index contributed by atoms with van der Waals surface area (Å²) in [6.45, 7) is 11.3. The lowest BCUT2D eigenvalue weighted by atomic mass is 9.96. The van der Waals surface area contributed by atoms with E-state index in [9.17, 15) is 4.79 Å². The maximum absolute atomic E-state index is 11.6. The number of likely N-dealkylation sites (tertiary alicyclic amines) is 1. The van der Waals surface area contributed by atoms with Crippen molar-refractivity contribution in [2.24, 2.45) is 17.3 Å². The zero-order valence-corrected chi connectivity index (χ0v) is 12.2. The van der Waals surface area contributed by atoms with Crippen molar-refractivity contribution >= 4 is 5.91 Å². The van der Waals surface area contributed by atoms with E-state index in [1.165, 1.54) is 32.4 Å². The topological polar surface area (TPSA) is 32.3 Å². The molecule has 0 aromatic rings. The van der Waals surface area contributed by atoms with Crippen LogP contribution < -0.4 is 5.32 Å². The maximum Gasteiger partial charge on any atom is 0.220 e. The van der Waals surface area contributed by atoms with Crippen LogP contribution in [0.1, 0.15) is 46.5 Å². The highest BCUT2D eigenvalue weighted by Crippen LogP contribution is 2.32. The van der Waals surface area contributed by atoms with E-state index in [1.54, 1.807) is 0 Å². The highest BCUT2D eigenvalue weighted by molar-refractivity contribution is 5.76. The highest BCUT2D eigenvalue weighted by Gasteiger charge is 2.27. The van der Waals surface area contributed by atoms with E-state index in [-0.39, 0.29) is 5.91 Å². The van der Waals surface area contributed by atoms with Crippen LogP contribution in [0, 0.1) is 17.3 Å². The molecule has 1 saturated carbocycles. The summed E-state index contributed by atoms with van der Waals surface area (Å²) in [7, 11) is 0. The Balaban J connectivity index is 1.61. The first-order chi connectivity index (χ1) is 8.42. The van der Waals surface area contributed by atoms with Gasteiger partial charge in [0.15, 0.2) is 0 Å². The number of hydrogen-bond acceptors (Lipinski definition) is 2. The zero-order valence-electron chi connectivity index (χ0n) is 12.2. The van der Waals surface area contributed by atoms with Crippen LogP contribution in [0.3, 0.4) is 0 Å². The van der Waals surface area contributed by atoms with Crippen LogP contribution in [0.4, 0.5) is 0 Å². The second kappa shape index (κ2) is 5.60. The lowest BCUT2D eigenvalue weighted by Gasteiger charge is -2.26. The quantitative estimate of drug-likeness (QED) is 0.814. The third kappa shape index (κ3) is 4.97. The number of amides is 1. The van der Waals surface area contributed by atoms with Gasteiger partial charge in [-0.1, -0.05) is 20.8 Å². The molecule has 0 bridgehead atoms. The molecule has 0 spiro atoms. The van der Waals surface area contributed by atoms with Gasteiger partial charge in [-0.3, -0.25) is 4.79 Å². The highest BCUT2D eigenvalue weighted by atomic mass is 16.1. The van der Waals surface area contributed by atoms with Gasteiger partial charge in [-0.05, 0) is 43.1 Å². The Morgan fingerprint density at radius 3 is 2.56 bits per heavy atom. The summed E-state index contributed by atoms with van der Waals surface area (Å²) in [6.07, 6.45) is 4.52. The van der Waals surface area contributed by atoms with Crippen LogP contribution in [0.15, 0.2) is 0 Å². The Kier molecular flexibility index (Phi) is 4.31. The third-order valence-electron chi connectivity index (χ3n) is 3.83. The van der Waals surface area contributed by atoms with Crippen LogP contribution in [-0.4, -0.2) is 37.0 Å². The second-order valence-electron chi connectivity index (χ2n) is 7.40. The van der Waals surface area contributed by atoms with Crippen molar-refractivity contribution in [3.05, 3.63) is 0 Å². The smallest absolute Gasteiger partial charge is 0.220 e. The van der Waals surface area contributed by atoms with Gasteiger partial charge in [-0.15, -0.1) is 0 Å². The van der Waals surface area contributed by atoms with Gasteiger partial charge in [-0.2, -0.15) is 0 Å². The molecule has 104 valence electrons. The van der Waals surface area contributed by atoms with Crippen molar-refractivity contribution in [1.29, 1.82) is 0 Å². The molecule has 0 aromatic carbocycles. The van der Waals surface area contributed by atoms with Crippen molar-refractivity contribution in [2.75, 3.05) is 26.2 Å². The molecular weight excluding hydrogens is 224 g/mol. The SMILES string of the molecule is CC(C)(C)CN1CCC(CNC(=O)CC2CC2)C1. The van der Waals surface area contributed by atoms with Gasteiger partial charge in [0.2, 0.25) is 5.91 Å². The fourth-order valence-corrected chi connectivity index (χ4v) is 2.81. The van der Waals surface area contributed by atoms with Gasteiger partial charge in [0.05, 0.1) is 0 Å². The molecule has 1 aliphatic carbocycles. The lowest BCUT2D eigenvalue weighted by molar-refractivity contribution is -0.121. The van der Waals surface area contributed by atoms with Gasteiger partial charge in [0, 0.05) is 26.1 Å². The van der Waals surface area contributed by atoms with Crippen molar-refractivity contribution < 1.29 is 4.79 Å². The van der Waals surface area contributed by atoms with Gasteiger partial charge in [0.25, 0.3) is 0 Å². The fraction of sp³-hybridized carbons (Fsp3) is 0.933. The molecule has 3 heteroatoms. The average molecular weight is 252 g/mol. The normalized spacial score (nSPS) is 25.4. The van der Waals surface area contributed by atoms with Crippen molar-refractivity contribution in [3.8, 4) is 0 Å². The van der Waals surface area contributed by atoms with Crippen LogP contribution in [0.5, 0.6) is 0 Å². The molecule has 0 radical (unpaired) electrons. The second-order valence-corrected chi connectivity index (χ2v) is 7.40. The molecule has 2 fully saturated rings. The molecule has 1 heterocycles. The van der Waals surface area contributed by atoms with Crippen LogP contribution in [0.2, 0.25) is 0 Å². The standard InChI is InChI=1S/C15H28N2O/c1-15(2,3)11-17-7-6-13(10-17)9-16-14(18)8-12-4-5-12/h12-13H,4-11H2,1-3H3,(H,16,18). The van der Waals surface area contributed by atoms with Crippen molar-refractivity contribution in [3.63, 3.8) is 0 Å². The molecule has 1 atom stereocenters. The minimum Gasteiger partial charge on any atom is -0.356 e. The van der Waals surface area contributed by atoms with Crippen LogP contribution in [-0.2, 0) is 4.79 Å². The minimum absolute atomic E-state index is 0.270. The predicted molar refractivity (Wildman–Crippen MR) is 74.4 cm³/mol. The largest absolute Gasteiger partial charge is 0.356 e. The Morgan fingerprint density at radius 2 is 1.94 bits per heavy atom. The van der Waals surface area contributed by atoms with Crippen molar-refractivity contribution in [1.82, 2.24) is 10.2 Å². The minimum atomic E-state index is 0.270. The van der Waals surface area contributed by atoms with Crippen LogP contribution in [0.25, 0.3) is 0 Å². The molecular formula is C15H28N2O. The fourth-order valence-electron chi connectivity index (χ4n) is 2.81. The number of carbonyl (C=O) groups excluding carboxylic acids is 1. The van der Waals surface area contributed by atoms with Gasteiger partial charge in [0.1, 0.15) is 0 Å². The number of carbonyl (C=O) groups is 1. The summed E-state index contributed by atoms with van der Waals surface area (Å²) >= 11 is 0. The summed E-state index contributed by atoms with van der Waals surface area (Å²) in [5, 5.41) is 3.11. The van der Waals surface area contributed by atoms with E-state index in [2.05, 4.69) is 31.0 Å². The Hall–Kier alpha value is -0.570. The van der Waals surface area contributed by atoms with E-state index < -0.39 is 0 Å². The summed E-state index contributed by atoms with van der Waals surface area (Å²) < 4.78 is 0. The lowest BCUT2D eigenvalue weighted by Crippen LogP contribution is -2.33. The first-order valence-corrected chi connectivity index (χ1v) is 7.41. The summed E-state index contributed by atoms with van der Waals surface area (Å²) in [5.74, 6) is 1.63. The molecule has 2 aliphatic rings. The monoisotopic (exact) mass is 252 g/mol. The van der Waals surface area contributed by atoms with Crippen molar-refractivity contribution in [2.45, 2.75) is 46.5 Å². The number of hydrogen-bond donors (Lipinski definition) is 1. The first-order valence-electron chi connectivity index (χ1n) is 7.41. The molecule has 1 N–H and O–H groups in total. The van der Waals surface area contributed by atoms with E-state index in [0.29, 0.717) is 17.3 Å². The zero-order chi connectivity index (χ0) is 13.2. The van der Waals surface area contributed by atoms with Gasteiger partial charge in [-0.25, -0.2) is 0 Å². The average Bonchev–Trinajstić information content (AvgIpc) is 2.93. The summed E-state index contributed by atoms with van der Waals surface area (Å²) in [6, 6.07) is 0. The summed E-state index contributed by atoms with van der Waals surface area (Å²) in [5.41, 5.74) is 0.379. The summed E-state index contributed by atoms with van der Waals surface area (Å²) in [4.78, 5) is 14.2.